The van der Waals surface area contributed by atoms with Gasteiger partial charge in [-0.15, -0.1) is 10.2 Å². The number of hydrogen-bond donors (Lipinski definition) is 1. The summed E-state index contributed by atoms with van der Waals surface area (Å²) in [4.78, 5) is 11.9. The molecule has 2 heterocycles. The third kappa shape index (κ3) is 4.19. The molecule has 0 spiro atoms. The lowest BCUT2D eigenvalue weighted by Gasteiger charge is -2.05. The van der Waals surface area contributed by atoms with Crippen LogP contribution in [0.4, 0.5) is 0 Å². The van der Waals surface area contributed by atoms with Crippen molar-refractivity contribution in [2.24, 2.45) is 0 Å². The number of aromatic nitrogens is 3. The maximum atomic E-state index is 11.9. The molecule has 124 valence electrons. The first kappa shape index (κ1) is 16.2. The van der Waals surface area contributed by atoms with Gasteiger partial charge in [0.1, 0.15) is 5.82 Å². The molecule has 2 aromatic heterocycles. The largest absolute Gasteiger partial charge is 0.356 e. The first-order chi connectivity index (χ1) is 11.7. The highest BCUT2D eigenvalue weighted by Gasteiger charge is 2.05. The SMILES string of the molecule is Cc1ccc(CCC(=O)NCCCc2nnc3ccccn23)cc1. The van der Waals surface area contributed by atoms with Crippen LogP contribution < -0.4 is 5.32 Å². The second-order valence-corrected chi connectivity index (χ2v) is 5.98. The number of aryl methyl sites for hydroxylation is 3. The van der Waals surface area contributed by atoms with E-state index < -0.39 is 0 Å². The fourth-order valence-corrected chi connectivity index (χ4v) is 2.64. The fourth-order valence-electron chi connectivity index (χ4n) is 2.64. The van der Waals surface area contributed by atoms with E-state index >= 15 is 0 Å². The van der Waals surface area contributed by atoms with Crippen LogP contribution in [0.2, 0.25) is 0 Å². The zero-order chi connectivity index (χ0) is 16.8. The van der Waals surface area contributed by atoms with Crippen molar-refractivity contribution in [2.45, 2.75) is 32.6 Å². The molecule has 1 aromatic carbocycles. The molecule has 1 amide bonds. The normalized spacial score (nSPS) is 10.9. The molecule has 5 heteroatoms. The van der Waals surface area contributed by atoms with Crippen LogP contribution in [0.3, 0.4) is 0 Å². The molecule has 0 aliphatic heterocycles. The van der Waals surface area contributed by atoms with E-state index in [4.69, 9.17) is 0 Å². The van der Waals surface area contributed by atoms with Crippen molar-refractivity contribution in [3.05, 3.63) is 65.6 Å². The molecular weight excluding hydrogens is 300 g/mol. The number of pyridine rings is 1. The Morgan fingerprint density at radius 2 is 1.92 bits per heavy atom. The third-order valence-corrected chi connectivity index (χ3v) is 4.05. The Morgan fingerprint density at radius 1 is 1.08 bits per heavy atom. The lowest BCUT2D eigenvalue weighted by Crippen LogP contribution is -2.25. The van der Waals surface area contributed by atoms with Gasteiger partial charge in [-0.25, -0.2) is 0 Å². The lowest BCUT2D eigenvalue weighted by molar-refractivity contribution is -0.121. The predicted molar refractivity (Wildman–Crippen MR) is 93.8 cm³/mol. The van der Waals surface area contributed by atoms with Gasteiger partial charge in [0, 0.05) is 25.6 Å². The van der Waals surface area contributed by atoms with Crippen molar-refractivity contribution < 1.29 is 4.79 Å². The number of rotatable bonds is 7. The molecule has 3 rings (SSSR count). The van der Waals surface area contributed by atoms with Gasteiger partial charge in [-0.3, -0.25) is 9.20 Å². The summed E-state index contributed by atoms with van der Waals surface area (Å²) < 4.78 is 1.99. The lowest BCUT2D eigenvalue weighted by atomic mass is 10.1. The number of carbonyl (C=O) groups is 1. The van der Waals surface area contributed by atoms with E-state index in [-0.39, 0.29) is 5.91 Å². The molecular formula is C19H22N4O. The second-order valence-electron chi connectivity index (χ2n) is 5.98. The monoisotopic (exact) mass is 322 g/mol. The molecule has 0 saturated heterocycles. The van der Waals surface area contributed by atoms with E-state index in [1.54, 1.807) is 0 Å². The van der Waals surface area contributed by atoms with E-state index in [0.717, 1.165) is 30.7 Å². The molecule has 3 aromatic rings. The first-order valence-corrected chi connectivity index (χ1v) is 8.33. The summed E-state index contributed by atoms with van der Waals surface area (Å²) >= 11 is 0. The maximum Gasteiger partial charge on any atom is 0.220 e. The number of hydrogen-bond acceptors (Lipinski definition) is 3. The van der Waals surface area contributed by atoms with Crippen LogP contribution in [0, 0.1) is 6.92 Å². The van der Waals surface area contributed by atoms with Crippen molar-refractivity contribution >= 4 is 11.6 Å². The molecule has 0 saturated carbocycles. The van der Waals surface area contributed by atoms with Crippen molar-refractivity contribution in [3.63, 3.8) is 0 Å². The second kappa shape index (κ2) is 7.73. The maximum absolute atomic E-state index is 11.9. The van der Waals surface area contributed by atoms with Crippen LogP contribution in [0.25, 0.3) is 5.65 Å². The standard InChI is InChI=1S/C19H22N4O/c1-15-7-9-16(10-8-15)11-12-19(24)20-13-4-6-18-22-21-17-5-2-3-14-23(17)18/h2-3,5,7-10,14H,4,6,11-13H2,1H3,(H,20,24). The third-order valence-electron chi connectivity index (χ3n) is 4.05. The van der Waals surface area contributed by atoms with Gasteiger partial charge >= 0.3 is 0 Å². The minimum atomic E-state index is 0.0988. The van der Waals surface area contributed by atoms with E-state index in [9.17, 15) is 4.79 Å². The Labute approximate surface area is 141 Å². The first-order valence-electron chi connectivity index (χ1n) is 8.33. The van der Waals surface area contributed by atoms with Crippen molar-refractivity contribution in [2.75, 3.05) is 6.54 Å². The van der Waals surface area contributed by atoms with Crippen LogP contribution >= 0.6 is 0 Å². The minimum absolute atomic E-state index is 0.0988. The molecule has 1 N–H and O–H groups in total. The highest BCUT2D eigenvalue weighted by atomic mass is 16.1. The van der Waals surface area contributed by atoms with Gasteiger partial charge in [-0.1, -0.05) is 35.9 Å². The highest BCUT2D eigenvalue weighted by Crippen LogP contribution is 2.06. The van der Waals surface area contributed by atoms with E-state index in [0.29, 0.717) is 13.0 Å². The summed E-state index contributed by atoms with van der Waals surface area (Å²) in [5, 5.41) is 11.3. The number of amides is 1. The molecule has 24 heavy (non-hydrogen) atoms. The Balaban J connectivity index is 1.38. The minimum Gasteiger partial charge on any atom is -0.356 e. The van der Waals surface area contributed by atoms with Crippen molar-refractivity contribution in [3.8, 4) is 0 Å². The average molecular weight is 322 g/mol. The average Bonchev–Trinajstić information content (AvgIpc) is 3.01. The number of nitrogens with one attached hydrogen (secondary N) is 1. The Kier molecular flexibility index (Phi) is 5.21. The van der Waals surface area contributed by atoms with Crippen molar-refractivity contribution in [1.29, 1.82) is 0 Å². The Hall–Kier alpha value is -2.69. The summed E-state index contributed by atoms with van der Waals surface area (Å²) in [5.41, 5.74) is 3.30. The van der Waals surface area contributed by atoms with Gasteiger partial charge < -0.3 is 5.32 Å². The summed E-state index contributed by atoms with van der Waals surface area (Å²) in [6, 6.07) is 14.2. The predicted octanol–water partition coefficient (Wildman–Crippen LogP) is 2.72. The Bertz CT molecular complexity index is 808. The summed E-state index contributed by atoms with van der Waals surface area (Å²) in [5.74, 6) is 1.03. The summed E-state index contributed by atoms with van der Waals surface area (Å²) in [6.45, 7) is 2.73. The van der Waals surface area contributed by atoms with Gasteiger partial charge in [0.15, 0.2) is 5.65 Å². The fraction of sp³-hybridized carbons (Fsp3) is 0.316. The molecule has 0 fully saturated rings. The number of fused-ring (bicyclic) bond motifs is 1. The van der Waals surface area contributed by atoms with Gasteiger partial charge in [0.25, 0.3) is 0 Å². The molecule has 0 atom stereocenters. The number of carbonyl (C=O) groups excluding carboxylic acids is 1. The van der Waals surface area contributed by atoms with Gasteiger partial charge in [-0.05, 0) is 37.5 Å². The smallest absolute Gasteiger partial charge is 0.220 e. The van der Waals surface area contributed by atoms with Crippen LogP contribution in [-0.2, 0) is 17.6 Å². The summed E-state index contributed by atoms with van der Waals surface area (Å²) in [6.07, 6.45) is 4.91. The number of nitrogens with zero attached hydrogens (tertiary/aromatic N) is 3. The van der Waals surface area contributed by atoms with Gasteiger partial charge in [-0.2, -0.15) is 0 Å². The number of benzene rings is 1. The van der Waals surface area contributed by atoms with E-state index in [1.807, 2.05) is 28.8 Å². The molecule has 0 aliphatic rings. The van der Waals surface area contributed by atoms with E-state index in [1.165, 1.54) is 11.1 Å². The van der Waals surface area contributed by atoms with Crippen LogP contribution in [0.1, 0.15) is 29.8 Å². The quantitative estimate of drug-likeness (QED) is 0.680. The zero-order valence-electron chi connectivity index (χ0n) is 13.9. The summed E-state index contributed by atoms with van der Waals surface area (Å²) in [7, 11) is 0. The molecule has 0 bridgehead atoms. The van der Waals surface area contributed by atoms with E-state index in [2.05, 4.69) is 46.7 Å². The van der Waals surface area contributed by atoms with Gasteiger partial charge in [0.05, 0.1) is 0 Å². The van der Waals surface area contributed by atoms with Crippen LogP contribution in [0.5, 0.6) is 0 Å². The molecule has 5 nitrogen and oxygen atoms in total. The molecule has 0 unspecified atom stereocenters. The van der Waals surface area contributed by atoms with Crippen LogP contribution in [0.15, 0.2) is 48.7 Å². The Morgan fingerprint density at radius 3 is 2.75 bits per heavy atom. The highest BCUT2D eigenvalue weighted by molar-refractivity contribution is 5.76. The molecule has 0 radical (unpaired) electrons. The zero-order valence-corrected chi connectivity index (χ0v) is 13.9. The van der Waals surface area contributed by atoms with Crippen molar-refractivity contribution in [1.82, 2.24) is 19.9 Å². The topological polar surface area (TPSA) is 59.3 Å². The molecule has 0 aliphatic carbocycles. The van der Waals surface area contributed by atoms with Gasteiger partial charge in [0.2, 0.25) is 5.91 Å². The van der Waals surface area contributed by atoms with Crippen LogP contribution in [-0.4, -0.2) is 27.0 Å².